The number of hydrogen-bond donors (Lipinski definition) is 2. The number of carbonyl (C=O) groups is 1. The van der Waals surface area contributed by atoms with Gasteiger partial charge in [0.25, 0.3) is 10.0 Å². The Morgan fingerprint density at radius 2 is 1.87 bits per heavy atom. The van der Waals surface area contributed by atoms with Crippen molar-refractivity contribution in [3.63, 3.8) is 0 Å². The average Bonchev–Trinajstić information content (AvgIpc) is 3.38. The van der Waals surface area contributed by atoms with E-state index in [4.69, 9.17) is 16.3 Å². The highest BCUT2D eigenvalue weighted by Gasteiger charge is 2.63. The number of likely N-dealkylation sites (N-methyl/N-ethyl adjacent to an activating group) is 1. The summed E-state index contributed by atoms with van der Waals surface area (Å²) in [5, 5.41) is 10.6. The van der Waals surface area contributed by atoms with Gasteiger partial charge in [0.1, 0.15) is 22.1 Å². The predicted molar refractivity (Wildman–Crippen MR) is 149 cm³/mol. The van der Waals surface area contributed by atoms with E-state index in [1.54, 1.807) is 18.2 Å². The highest BCUT2D eigenvalue weighted by Crippen LogP contribution is 2.53. The standard InChI is InChI=1S/C27H30ClN3O5S2/c1-30-11-13-31(14-12-30)15-16-36-22-4-2-3-20(17-22)23-18-27(23,26(32)33)29-38(34,35)25-10-9-24(37-25)19-5-7-21(28)8-6-19/h2-10,17,23,29H,11-16,18H2,1H3,(H,32,33)/t23-,27+/m0/s1. The number of rotatable bonds is 10. The zero-order valence-electron chi connectivity index (χ0n) is 21.0. The first-order valence-corrected chi connectivity index (χ1v) is 15.1. The van der Waals surface area contributed by atoms with E-state index in [1.165, 1.54) is 6.07 Å². The predicted octanol–water partition coefficient (Wildman–Crippen LogP) is 3.98. The number of benzene rings is 2. The summed E-state index contributed by atoms with van der Waals surface area (Å²) >= 11 is 7.04. The molecule has 8 nitrogen and oxygen atoms in total. The third-order valence-electron chi connectivity index (χ3n) is 7.17. The largest absolute Gasteiger partial charge is 0.492 e. The van der Waals surface area contributed by atoms with Crippen LogP contribution in [-0.4, -0.2) is 81.2 Å². The minimum atomic E-state index is -4.06. The first-order chi connectivity index (χ1) is 18.2. The van der Waals surface area contributed by atoms with Gasteiger partial charge >= 0.3 is 5.97 Å². The van der Waals surface area contributed by atoms with E-state index in [2.05, 4.69) is 21.6 Å². The molecule has 5 rings (SSSR count). The topological polar surface area (TPSA) is 99.2 Å². The summed E-state index contributed by atoms with van der Waals surface area (Å²) in [4.78, 5) is 17.7. The number of hydrogen-bond acceptors (Lipinski definition) is 7. The fourth-order valence-electron chi connectivity index (χ4n) is 4.77. The number of nitrogens with one attached hydrogen (secondary N) is 1. The molecule has 2 N–H and O–H groups in total. The molecule has 2 fully saturated rings. The van der Waals surface area contributed by atoms with Crippen molar-refractivity contribution in [1.29, 1.82) is 0 Å². The summed E-state index contributed by atoms with van der Waals surface area (Å²) in [5.74, 6) is -1.04. The monoisotopic (exact) mass is 575 g/mol. The molecule has 1 aromatic heterocycles. The number of thiophene rings is 1. The summed E-state index contributed by atoms with van der Waals surface area (Å²) in [5.41, 5.74) is -0.0235. The summed E-state index contributed by atoms with van der Waals surface area (Å²) < 4.78 is 35.0. The van der Waals surface area contributed by atoms with Crippen LogP contribution in [0.2, 0.25) is 5.02 Å². The van der Waals surface area contributed by atoms with Gasteiger partial charge in [-0.15, -0.1) is 11.3 Å². The second kappa shape index (κ2) is 11.0. The highest BCUT2D eigenvalue weighted by molar-refractivity contribution is 7.91. The van der Waals surface area contributed by atoms with Crippen molar-refractivity contribution >= 4 is 38.9 Å². The lowest BCUT2D eigenvalue weighted by molar-refractivity contribution is -0.140. The Kier molecular flexibility index (Phi) is 7.82. The number of aliphatic carboxylic acids is 1. The zero-order valence-corrected chi connectivity index (χ0v) is 23.4. The number of piperazine rings is 1. The molecule has 0 radical (unpaired) electrons. The van der Waals surface area contributed by atoms with Gasteiger partial charge in [0.2, 0.25) is 0 Å². The minimum absolute atomic E-state index is 0.0646. The molecule has 1 saturated carbocycles. The van der Waals surface area contributed by atoms with Crippen molar-refractivity contribution in [1.82, 2.24) is 14.5 Å². The van der Waals surface area contributed by atoms with Crippen LogP contribution in [0.4, 0.5) is 0 Å². The fourth-order valence-corrected chi connectivity index (χ4v) is 7.61. The number of carboxylic acids is 1. The maximum absolute atomic E-state index is 13.2. The smallest absolute Gasteiger partial charge is 0.325 e. The maximum atomic E-state index is 13.2. The van der Waals surface area contributed by atoms with E-state index in [0.717, 1.165) is 60.1 Å². The highest BCUT2D eigenvalue weighted by atomic mass is 35.5. The number of nitrogens with zero attached hydrogens (tertiary/aromatic N) is 2. The van der Waals surface area contributed by atoms with E-state index < -0.39 is 27.4 Å². The molecule has 202 valence electrons. The minimum Gasteiger partial charge on any atom is -0.492 e. The molecule has 38 heavy (non-hydrogen) atoms. The van der Waals surface area contributed by atoms with Crippen LogP contribution >= 0.6 is 22.9 Å². The molecule has 3 aromatic rings. The third kappa shape index (κ3) is 5.90. The Labute approximate surface area is 231 Å². The molecule has 11 heteroatoms. The van der Waals surface area contributed by atoms with Crippen LogP contribution < -0.4 is 9.46 Å². The fraction of sp³-hybridized carbons (Fsp3) is 0.370. The van der Waals surface area contributed by atoms with Gasteiger partial charge in [0.15, 0.2) is 0 Å². The van der Waals surface area contributed by atoms with Crippen molar-refractivity contribution in [2.45, 2.75) is 22.1 Å². The van der Waals surface area contributed by atoms with Crippen molar-refractivity contribution in [2.24, 2.45) is 0 Å². The number of sulfonamides is 1. The normalized spacial score (nSPS) is 22.3. The van der Waals surface area contributed by atoms with Gasteiger partial charge in [-0.1, -0.05) is 35.9 Å². The molecule has 1 aliphatic heterocycles. The Bertz CT molecular complexity index is 1400. The molecule has 2 aromatic carbocycles. The number of halogens is 1. The molecule has 1 saturated heterocycles. The van der Waals surface area contributed by atoms with Crippen LogP contribution in [0.1, 0.15) is 17.9 Å². The Hall–Kier alpha value is -2.47. The molecular formula is C27H30ClN3O5S2. The molecule has 0 unspecified atom stereocenters. The van der Waals surface area contributed by atoms with Crippen LogP contribution in [0.25, 0.3) is 10.4 Å². The molecule has 0 amide bonds. The van der Waals surface area contributed by atoms with E-state index in [-0.39, 0.29) is 10.6 Å². The SMILES string of the molecule is CN1CCN(CCOc2cccc([C@@H]3C[C@]3(NS(=O)(=O)c3ccc(-c4ccc(Cl)cc4)s3)C(=O)O)c2)CC1. The quantitative estimate of drug-likeness (QED) is 0.377. The van der Waals surface area contributed by atoms with Crippen molar-refractivity contribution in [3.05, 3.63) is 71.2 Å². The van der Waals surface area contributed by atoms with E-state index in [1.807, 2.05) is 36.4 Å². The van der Waals surface area contributed by atoms with Crippen molar-refractivity contribution < 1.29 is 23.1 Å². The van der Waals surface area contributed by atoms with Gasteiger partial charge in [-0.25, -0.2) is 8.42 Å². The van der Waals surface area contributed by atoms with Crippen LogP contribution in [0.3, 0.4) is 0 Å². The molecule has 2 aliphatic rings. The zero-order chi connectivity index (χ0) is 26.9. The van der Waals surface area contributed by atoms with Gasteiger partial charge in [0.05, 0.1) is 0 Å². The molecule has 2 atom stereocenters. The van der Waals surface area contributed by atoms with Gasteiger partial charge < -0.3 is 14.7 Å². The lowest BCUT2D eigenvalue weighted by atomic mass is 10.1. The molecule has 0 bridgehead atoms. The molecule has 1 aliphatic carbocycles. The third-order valence-corrected chi connectivity index (χ3v) is 10.6. The molecule has 0 spiro atoms. The maximum Gasteiger partial charge on any atom is 0.325 e. The van der Waals surface area contributed by atoms with E-state index >= 15 is 0 Å². The average molecular weight is 576 g/mol. The lowest BCUT2D eigenvalue weighted by Gasteiger charge is -2.32. The Morgan fingerprint density at radius 3 is 2.58 bits per heavy atom. The van der Waals surface area contributed by atoms with Gasteiger partial charge in [0, 0.05) is 48.5 Å². The van der Waals surface area contributed by atoms with Crippen LogP contribution in [0.15, 0.2) is 64.9 Å². The number of carboxylic acid groups (broad SMARTS) is 1. The molecule has 2 heterocycles. The lowest BCUT2D eigenvalue weighted by Crippen LogP contribution is -2.45. The van der Waals surface area contributed by atoms with E-state index in [0.29, 0.717) is 17.4 Å². The second-order valence-electron chi connectivity index (χ2n) is 9.83. The van der Waals surface area contributed by atoms with Gasteiger partial charge in [-0.3, -0.25) is 9.69 Å². The first-order valence-electron chi connectivity index (χ1n) is 12.4. The Balaban J connectivity index is 1.25. The summed E-state index contributed by atoms with van der Waals surface area (Å²) in [6, 6.07) is 17.6. The van der Waals surface area contributed by atoms with Gasteiger partial charge in [-0.05, 0) is 61.0 Å². The summed E-state index contributed by atoms with van der Waals surface area (Å²) in [6.45, 7) is 5.45. The summed E-state index contributed by atoms with van der Waals surface area (Å²) in [6.07, 6.45) is 0.168. The van der Waals surface area contributed by atoms with Gasteiger partial charge in [-0.2, -0.15) is 4.72 Å². The van der Waals surface area contributed by atoms with Crippen LogP contribution in [0.5, 0.6) is 5.75 Å². The van der Waals surface area contributed by atoms with Crippen LogP contribution in [-0.2, 0) is 14.8 Å². The van der Waals surface area contributed by atoms with Crippen molar-refractivity contribution in [3.8, 4) is 16.2 Å². The van der Waals surface area contributed by atoms with Crippen molar-refractivity contribution in [2.75, 3.05) is 46.4 Å². The second-order valence-corrected chi connectivity index (χ2v) is 13.3. The van der Waals surface area contributed by atoms with E-state index in [9.17, 15) is 18.3 Å². The first kappa shape index (κ1) is 27.1. The molecular weight excluding hydrogens is 546 g/mol. The number of ether oxygens (including phenoxy) is 1. The Morgan fingerprint density at radius 1 is 1.13 bits per heavy atom. The van der Waals surface area contributed by atoms with Crippen LogP contribution in [0, 0.1) is 0 Å². The summed E-state index contributed by atoms with van der Waals surface area (Å²) in [7, 11) is -1.94.